The summed E-state index contributed by atoms with van der Waals surface area (Å²) in [5, 5.41) is -0.0228. The smallest absolute Gasteiger partial charge is 0.246 e. The first-order valence-electron chi connectivity index (χ1n) is 10.5. The normalized spacial score (nSPS) is 19.5. The van der Waals surface area contributed by atoms with Crippen LogP contribution in [0.4, 0.5) is 0 Å². The standard InChI is InChI=1S/C21H26ClN5O3S/c22-20-19(2-1-7-24-20)31(29,30)27-10-5-18(6-11-27)21(28)26-14-12-25(13-15-26)16-17-3-8-23-9-4-17/h1-4,7-9,18H,5-6,10-16H2. The molecule has 10 heteroatoms. The lowest BCUT2D eigenvalue weighted by atomic mass is 9.96. The number of piperidine rings is 1. The molecule has 2 fully saturated rings. The predicted molar refractivity (Wildman–Crippen MR) is 117 cm³/mol. The number of rotatable bonds is 5. The first kappa shape index (κ1) is 22.1. The number of sulfonamides is 1. The molecule has 0 saturated carbocycles. The third-order valence-electron chi connectivity index (χ3n) is 5.99. The number of piperazine rings is 1. The van der Waals surface area contributed by atoms with Crippen LogP contribution < -0.4 is 0 Å². The molecule has 2 aliphatic rings. The Labute approximate surface area is 187 Å². The van der Waals surface area contributed by atoms with E-state index < -0.39 is 10.0 Å². The van der Waals surface area contributed by atoms with Crippen LogP contribution >= 0.6 is 11.6 Å². The Balaban J connectivity index is 1.28. The maximum atomic E-state index is 13.0. The zero-order valence-electron chi connectivity index (χ0n) is 17.2. The molecule has 31 heavy (non-hydrogen) atoms. The van der Waals surface area contributed by atoms with Gasteiger partial charge in [-0.2, -0.15) is 4.31 Å². The van der Waals surface area contributed by atoms with E-state index >= 15 is 0 Å². The SMILES string of the molecule is O=C(C1CCN(S(=O)(=O)c2cccnc2Cl)CC1)N1CCN(Cc2ccncc2)CC1. The summed E-state index contributed by atoms with van der Waals surface area (Å²) in [4.78, 5) is 25.2. The van der Waals surface area contributed by atoms with Gasteiger partial charge in [-0.05, 0) is 42.7 Å². The van der Waals surface area contributed by atoms with E-state index in [0.717, 1.165) is 19.6 Å². The van der Waals surface area contributed by atoms with E-state index in [9.17, 15) is 13.2 Å². The molecular formula is C21H26ClN5O3S. The number of aromatic nitrogens is 2. The molecule has 8 nitrogen and oxygen atoms in total. The van der Waals surface area contributed by atoms with Crippen molar-refractivity contribution in [1.82, 2.24) is 24.1 Å². The van der Waals surface area contributed by atoms with Gasteiger partial charge in [0.15, 0.2) is 0 Å². The van der Waals surface area contributed by atoms with Crippen LogP contribution in [0.2, 0.25) is 5.15 Å². The van der Waals surface area contributed by atoms with E-state index in [1.54, 1.807) is 18.5 Å². The van der Waals surface area contributed by atoms with Crippen molar-refractivity contribution >= 4 is 27.5 Å². The second-order valence-corrected chi connectivity index (χ2v) is 10.2. The Bertz CT molecular complexity index is 1000. The van der Waals surface area contributed by atoms with Gasteiger partial charge in [0, 0.05) is 70.3 Å². The van der Waals surface area contributed by atoms with Crippen molar-refractivity contribution < 1.29 is 13.2 Å². The molecule has 2 aromatic rings. The van der Waals surface area contributed by atoms with Crippen LogP contribution in [0.5, 0.6) is 0 Å². The van der Waals surface area contributed by atoms with E-state index in [4.69, 9.17) is 11.6 Å². The summed E-state index contributed by atoms with van der Waals surface area (Å²) in [7, 11) is -3.70. The third kappa shape index (κ3) is 5.06. The molecule has 0 unspecified atom stereocenters. The molecule has 0 bridgehead atoms. The molecule has 0 radical (unpaired) electrons. The second-order valence-electron chi connectivity index (χ2n) is 7.93. The van der Waals surface area contributed by atoms with E-state index in [-0.39, 0.29) is 21.9 Å². The summed E-state index contributed by atoms with van der Waals surface area (Å²) in [6, 6.07) is 7.05. The molecule has 1 amide bonds. The van der Waals surface area contributed by atoms with Crippen molar-refractivity contribution in [1.29, 1.82) is 0 Å². The van der Waals surface area contributed by atoms with E-state index in [1.807, 2.05) is 17.0 Å². The molecule has 4 rings (SSSR count). The lowest BCUT2D eigenvalue weighted by Crippen LogP contribution is -2.51. The third-order valence-corrected chi connectivity index (χ3v) is 8.33. The molecule has 0 N–H and O–H groups in total. The molecule has 0 atom stereocenters. The minimum Gasteiger partial charge on any atom is -0.340 e. The topological polar surface area (TPSA) is 86.7 Å². The zero-order valence-corrected chi connectivity index (χ0v) is 18.8. The molecule has 166 valence electrons. The Morgan fingerprint density at radius 2 is 1.68 bits per heavy atom. The number of carbonyl (C=O) groups is 1. The van der Waals surface area contributed by atoms with Gasteiger partial charge in [0.2, 0.25) is 15.9 Å². The highest BCUT2D eigenvalue weighted by Gasteiger charge is 2.35. The van der Waals surface area contributed by atoms with Gasteiger partial charge < -0.3 is 4.90 Å². The molecule has 2 aromatic heterocycles. The average molecular weight is 464 g/mol. The highest BCUT2D eigenvalue weighted by atomic mass is 35.5. The van der Waals surface area contributed by atoms with Crippen molar-refractivity contribution in [3.8, 4) is 0 Å². The minimum atomic E-state index is -3.70. The van der Waals surface area contributed by atoms with E-state index in [2.05, 4.69) is 14.9 Å². The second kappa shape index (κ2) is 9.60. The summed E-state index contributed by atoms with van der Waals surface area (Å²) < 4.78 is 27.1. The van der Waals surface area contributed by atoms with Gasteiger partial charge in [-0.3, -0.25) is 14.7 Å². The first-order valence-corrected chi connectivity index (χ1v) is 12.3. The Hall–Kier alpha value is -2.07. The summed E-state index contributed by atoms with van der Waals surface area (Å²) in [6.07, 6.45) is 6.09. The highest BCUT2D eigenvalue weighted by Crippen LogP contribution is 2.28. The van der Waals surface area contributed by atoms with Crippen molar-refractivity contribution in [2.24, 2.45) is 5.92 Å². The maximum absolute atomic E-state index is 13.0. The van der Waals surface area contributed by atoms with Crippen molar-refractivity contribution in [3.05, 3.63) is 53.6 Å². The number of pyridine rings is 2. The molecular weight excluding hydrogens is 438 g/mol. The monoisotopic (exact) mass is 463 g/mol. The highest BCUT2D eigenvalue weighted by molar-refractivity contribution is 7.89. The number of hydrogen-bond donors (Lipinski definition) is 0. The molecule has 2 saturated heterocycles. The Kier molecular flexibility index (Phi) is 6.86. The number of hydrogen-bond acceptors (Lipinski definition) is 6. The van der Waals surface area contributed by atoms with Crippen LogP contribution in [0.15, 0.2) is 47.8 Å². The number of carbonyl (C=O) groups excluding carboxylic acids is 1. The lowest BCUT2D eigenvalue weighted by Gasteiger charge is -2.38. The molecule has 4 heterocycles. The minimum absolute atomic E-state index is 0.0202. The lowest BCUT2D eigenvalue weighted by molar-refractivity contribution is -0.138. The largest absolute Gasteiger partial charge is 0.340 e. The van der Waals surface area contributed by atoms with Gasteiger partial charge in [-0.15, -0.1) is 0 Å². The fourth-order valence-corrected chi connectivity index (χ4v) is 6.07. The fourth-order valence-electron chi connectivity index (χ4n) is 4.18. The van der Waals surface area contributed by atoms with Crippen LogP contribution in [-0.2, 0) is 21.4 Å². The van der Waals surface area contributed by atoms with Gasteiger partial charge in [-0.1, -0.05) is 11.6 Å². The van der Waals surface area contributed by atoms with Crippen LogP contribution in [0.25, 0.3) is 0 Å². The van der Waals surface area contributed by atoms with Crippen LogP contribution in [0, 0.1) is 5.92 Å². The summed E-state index contributed by atoms with van der Waals surface area (Å²) >= 11 is 5.99. The molecule has 0 aliphatic carbocycles. The van der Waals surface area contributed by atoms with Gasteiger partial charge in [0.25, 0.3) is 0 Å². The van der Waals surface area contributed by atoms with Gasteiger partial charge in [-0.25, -0.2) is 13.4 Å². The number of halogens is 1. The van der Waals surface area contributed by atoms with E-state index in [0.29, 0.717) is 39.0 Å². The van der Waals surface area contributed by atoms with Gasteiger partial charge in [0.1, 0.15) is 10.0 Å². The van der Waals surface area contributed by atoms with Gasteiger partial charge >= 0.3 is 0 Å². The average Bonchev–Trinajstić information content (AvgIpc) is 2.80. The van der Waals surface area contributed by atoms with Gasteiger partial charge in [0.05, 0.1) is 0 Å². The first-order chi connectivity index (χ1) is 14.9. The Morgan fingerprint density at radius 3 is 2.32 bits per heavy atom. The molecule has 0 aromatic carbocycles. The van der Waals surface area contributed by atoms with Crippen LogP contribution in [0.3, 0.4) is 0 Å². The predicted octanol–water partition coefficient (Wildman–Crippen LogP) is 1.88. The van der Waals surface area contributed by atoms with Crippen molar-refractivity contribution in [2.45, 2.75) is 24.3 Å². The summed E-state index contributed by atoms with van der Waals surface area (Å²) in [5.41, 5.74) is 1.22. The zero-order chi connectivity index (χ0) is 21.8. The number of nitrogens with zero attached hydrogens (tertiary/aromatic N) is 5. The summed E-state index contributed by atoms with van der Waals surface area (Å²) in [6.45, 7) is 4.55. The van der Waals surface area contributed by atoms with Crippen LogP contribution in [0.1, 0.15) is 18.4 Å². The Morgan fingerprint density at radius 1 is 1.00 bits per heavy atom. The molecule has 0 spiro atoms. The quantitative estimate of drug-likeness (QED) is 0.629. The number of amides is 1. The molecule has 2 aliphatic heterocycles. The van der Waals surface area contributed by atoms with Crippen molar-refractivity contribution in [3.63, 3.8) is 0 Å². The summed E-state index contributed by atoms with van der Waals surface area (Å²) in [5.74, 6) is 0.00240. The fraction of sp³-hybridized carbons (Fsp3) is 0.476. The maximum Gasteiger partial charge on any atom is 0.246 e. The van der Waals surface area contributed by atoms with Crippen molar-refractivity contribution in [2.75, 3.05) is 39.3 Å². The van der Waals surface area contributed by atoms with E-state index in [1.165, 1.54) is 22.1 Å². The van der Waals surface area contributed by atoms with Crippen LogP contribution in [-0.4, -0.2) is 77.7 Å².